The van der Waals surface area contributed by atoms with Crippen LogP contribution in [-0.2, 0) is 9.59 Å². The highest BCUT2D eigenvalue weighted by Gasteiger charge is 2.08. The van der Waals surface area contributed by atoms with E-state index in [4.69, 9.17) is 11.6 Å². The molecule has 0 atom stereocenters. The monoisotopic (exact) mass is 334 g/mol. The van der Waals surface area contributed by atoms with Crippen molar-refractivity contribution in [2.45, 2.75) is 19.8 Å². The quantitative estimate of drug-likeness (QED) is 0.879. The third-order valence-electron chi connectivity index (χ3n) is 3.01. The van der Waals surface area contributed by atoms with E-state index in [1.54, 1.807) is 24.3 Å². The molecule has 122 valence electrons. The molecular weight excluding hydrogens is 316 g/mol. The molecule has 0 saturated heterocycles. The molecule has 0 radical (unpaired) electrons. The summed E-state index contributed by atoms with van der Waals surface area (Å²) in [6.45, 7) is 1.95. The molecule has 0 heterocycles. The highest BCUT2D eigenvalue weighted by molar-refractivity contribution is 6.30. The zero-order valence-corrected chi connectivity index (χ0v) is 13.5. The molecule has 5 nitrogen and oxygen atoms in total. The first-order valence-electron chi connectivity index (χ1n) is 6.95. The first-order valence-corrected chi connectivity index (χ1v) is 7.33. The smallest absolute Gasteiger partial charge is 0.224 e. The van der Waals surface area contributed by atoms with Gasteiger partial charge < -0.3 is 16.1 Å². The number of hydrogen-bond acceptors (Lipinski definition) is 2. The maximum atomic E-state index is 11.8. The van der Waals surface area contributed by atoms with Crippen molar-refractivity contribution in [1.82, 2.24) is 0 Å². The van der Waals surface area contributed by atoms with Crippen LogP contribution < -0.4 is 10.6 Å². The van der Waals surface area contributed by atoms with E-state index in [9.17, 15) is 9.59 Å². The Morgan fingerprint density at radius 3 is 2.04 bits per heavy atom. The molecule has 0 aliphatic heterocycles. The largest absolute Gasteiger partial charge is 0.412 e. The van der Waals surface area contributed by atoms with Crippen molar-refractivity contribution in [3.63, 3.8) is 0 Å². The molecule has 0 bridgehead atoms. The van der Waals surface area contributed by atoms with Crippen molar-refractivity contribution in [2.24, 2.45) is 0 Å². The Bertz CT molecular complexity index is 672. The van der Waals surface area contributed by atoms with Crippen molar-refractivity contribution in [3.8, 4) is 0 Å². The summed E-state index contributed by atoms with van der Waals surface area (Å²) in [6, 6.07) is 14.3. The third kappa shape index (κ3) is 6.50. The topological polar surface area (TPSA) is 89.7 Å². The molecule has 0 spiro atoms. The summed E-state index contributed by atoms with van der Waals surface area (Å²) in [7, 11) is 0. The number of carbonyl (C=O) groups excluding carboxylic acids is 2. The summed E-state index contributed by atoms with van der Waals surface area (Å²) in [5.41, 5.74) is 2.47. The van der Waals surface area contributed by atoms with Gasteiger partial charge in [0.05, 0.1) is 0 Å². The highest BCUT2D eigenvalue weighted by atomic mass is 35.5. The summed E-state index contributed by atoms with van der Waals surface area (Å²) in [4.78, 5) is 23.6. The Labute approximate surface area is 140 Å². The maximum absolute atomic E-state index is 11.8. The van der Waals surface area contributed by atoms with E-state index in [0.717, 1.165) is 11.3 Å². The Hall–Kier alpha value is -2.37. The average molecular weight is 335 g/mol. The fraction of sp³-hybridized carbons (Fsp3) is 0.176. The van der Waals surface area contributed by atoms with Gasteiger partial charge in [0.25, 0.3) is 0 Å². The number of rotatable bonds is 5. The van der Waals surface area contributed by atoms with Gasteiger partial charge in [0, 0.05) is 29.2 Å². The van der Waals surface area contributed by atoms with Crippen LogP contribution in [0.4, 0.5) is 11.4 Å². The molecule has 0 saturated carbocycles. The van der Waals surface area contributed by atoms with Crippen LogP contribution in [0.2, 0.25) is 5.02 Å². The Kier molecular flexibility index (Phi) is 7.25. The van der Waals surface area contributed by atoms with Crippen molar-refractivity contribution >= 4 is 34.8 Å². The summed E-state index contributed by atoms with van der Waals surface area (Å²) in [5.74, 6) is -0.390. The zero-order valence-electron chi connectivity index (χ0n) is 12.7. The van der Waals surface area contributed by atoms with Gasteiger partial charge in [-0.3, -0.25) is 9.59 Å². The first-order chi connectivity index (χ1) is 10.5. The van der Waals surface area contributed by atoms with E-state index >= 15 is 0 Å². The number of benzene rings is 2. The molecule has 0 aromatic heterocycles. The van der Waals surface area contributed by atoms with Crippen molar-refractivity contribution < 1.29 is 15.1 Å². The van der Waals surface area contributed by atoms with E-state index in [1.807, 2.05) is 31.2 Å². The van der Waals surface area contributed by atoms with Crippen LogP contribution in [0, 0.1) is 6.92 Å². The van der Waals surface area contributed by atoms with Gasteiger partial charge in [0.15, 0.2) is 0 Å². The predicted octanol–water partition coefficient (Wildman–Crippen LogP) is 3.18. The minimum Gasteiger partial charge on any atom is -0.412 e. The van der Waals surface area contributed by atoms with Crippen LogP contribution >= 0.6 is 11.6 Å². The van der Waals surface area contributed by atoms with Crippen LogP contribution in [-0.4, -0.2) is 17.3 Å². The van der Waals surface area contributed by atoms with Crippen LogP contribution in [0.3, 0.4) is 0 Å². The van der Waals surface area contributed by atoms with E-state index in [1.165, 1.54) is 0 Å². The van der Waals surface area contributed by atoms with Crippen LogP contribution in [0.5, 0.6) is 0 Å². The second-order valence-electron chi connectivity index (χ2n) is 4.97. The Morgan fingerprint density at radius 2 is 1.48 bits per heavy atom. The molecule has 23 heavy (non-hydrogen) atoms. The number of nitrogens with one attached hydrogen (secondary N) is 2. The highest BCUT2D eigenvalue weighted by Crippen LogP contribution is 2.14. The molecule has 2 amide bonds. The Morgan fingerprint density at radius 1 is 0.913 bits per heavy atom. The molecule has 0 aliphatic rings. The van der Waals surface area contributed by atoms with E-state index in [2.05, 4.69) is 10.6 Å². The predicted molar refractivity (Wildman–Crippen MR) is 92.7 cm³/mol. The third-order valence-corrected chi connectivity index (χ3v) is 3.26. The fourth-order valence-corrected chi connectivity index (χ4v) is 2.06. The number of halogens is 1. The zero-order chi connectivity index (χ0) is 15.9. The minimum absolute atomic E-state index is 0. The Balaban J connectivity index is 0.00000264. The lowest BCUT2D eigenvalue weighted by Gasteiger charge is -2.07. The molecular formula is C17H19ClN2O3. The van der Waals surface area contributed by atoms with Crippen molar-refractivity contribution in [3.05, 3.63) is 59.1 Å². The number of carbonyl (C=O) groups is 2. The lowest BCUT2D eigenvalue weighted by molar-refractivity contribution is -0.121. The van der Waals surface area contributed by atoms with Gasteiger partial charge in [-0.05, 0) is 48.9 Å². The van der Waals surface area contributed by atoms with Crippen molar-refractivity contribution in [1.29, 1.82) is 0 Å². The van der Waals surface area contributed by atoms with Gasteiger partial charge in [0.1, 0.15) is 0 Å². The van der Waals surface area contributed by atoms with Crippen molar-refractivity contribution in [2.75, 3.05) is 10.6 Å². The molecule has 6 heteroatoms. The SMILES string of the molecule is Cc1cccc(NC(=O)CCC(=O)Nc2ccc(Cl)cc2)c1.O. The van der Waals surface area contributed by atoms with Gasteiger partial charge in [-0.15, -0.1) is 0 Å². The van der Waals surface area contributed by atoms with Crippen LogP contribution in [0.15, 0.2) is 48.5 Å². The fourth-order valence-electron chi connectivity index (χ4n) is 1.93. The number of aryl methyl sites for hydroxylation is 1. The summed E-state index contributed by atoms with van der Waals surface area (Å²) in [6.07, 6.45) is 0.258. The molecule has 2 aromatic carbocycles. The maximum Gasteiger partial charge on any atom is 0.224 e. The molecule has 2 aromatic rings. The van der Waals surface area contributed by atoms with E-state index in [-0.39, 0.29) is 30.1 Å². The number of amides is 2. The van der Waals surface area contributed by atoms with Gasteiger partial charge in [-0.25, -0.2) is 0 Å². The minimum atomic E-state index is -0.207. The molecule has 0 unspecified atom stereocenters. The van der Waals surface area contributed by atoms with Gasteiger partial charge in [-0.2, -0.15) is 0 Å². The molecule has 4 N–H and O–H groups in total. The normalized spacial score (nSPS) is 9.65. The summed E-state index contributed by atoms with van der Waals surface area (Å²) in [5, 5.41) is 6.10. The lowest BCUT2D eigenvalue weighted by atomic mass is 10.2. The number of hydrogen-bond donors (Lipinski definition) is 2. The molecule has 0 aliphatic carbocycles. The van der Waals surface area contributed by atoms with E-state index < -0.39 is 0 Å². The van der Waals surface area contributed by atoms with Gasteiger partial charge in [0.2, 0.25) is 11.8 Å². The van der Waals surface area contributed by atoms with Gasteiger partial charge >= 0.3 is 0 Å². The second kappa shape index (κ2) is 8.92. The molecule has 0 fully saturated rings. The average Bonchev–Trinajstić information content (AvgIpc) is 2.48. The number of anilines is 2. The van der Waals surface area contributed by atoms with E-state index in [0.29, 0.717) is 10.7 Å². The van der Waals surface area contributed by atoms with Gasteiger partial charge in [-0.1, -0.05) is 23.7 Å². The summed E-state index contributed by atoms with van der Waals surface area (Å²) >= 11 is 5.77. The van der Waals surface area contributed by atoms with Crippen LogP contribution in [0.25, 0.3) is 0 Å². The standard InChI is InChI=1S/C17H17ClN2O2.H2O/c1-12-3-2-4-15(11-12)20-17(22)10-9-16(21)19-14-7-5-13(18)6-8-14;/h2-8,11H,9-10H2,1H3,(H,19,21)(H,20,22);1H2. The first kappa shape index (κ1) is 18.7. The van der Waals surface area contributed by atoms with Crippen LogP contribution in [0.1, 0.15) is 18.4 Å². The second-order valence-corrected chi connectivity index (χ2v) is 5.41. The summed E-state index contributed by atoms with van der Waals surface area (Å²) < 4.78 is 0. The molecule has 2 rings (SSSR count). The lowest BCUT2D eigenvalue weighted by Crippen LogP contribution is -2.17.